The van der Waals surface area contributed by atoms with Crippen LogP contribution in [-0.2, 0) is 35.1 Å². The molecule has 1 aliphatic rings. The molecule has 0 saturated heterocycles. The average Bonchev–Trinajstić information content (AvgIpc) is 3.05. The van der Waals surface area contributed by atoms with E-state index in [2.05, 4.69) is 20.8 Å². The van der Waals surface area contributed by atoms with Crippen molar-refractivity contribution in [2.75, 3.05) is 13.2 Å². The average molecular weight is 705 g/mol. The van der Waals surface area contributed by atoms with Crippen molar-refractivity contribution in [1.82, 2.24) is 0 Å². The van der Waals surface area contributed by atoms with E-state index < -0.39 is 0 Å². The fraction of sp³-hybridized carbons (Fsp3) is 0.762. The third kappa shape index (κ3) is 25.1. The number of Topliss-reactive ketones (excluding diaryl/α,β-unsaturated/α-hetero) is 2. The van der Waals surface area contributed by atoms with Crippen molar-refractivity contribution in [3.8, 4) is 11.5 Å². The molecule has 1 aliphatic carbocycles. The van der Waals surface area contributed by atoms with Crippen LogP contribution >= 0.6 is 0 Å². The van der Waals surface area contributed by atoms with Crippen LogP contribution in [0.15, 0.2) is 18.2 Å². The second-order valence-corrected chi connectivity index (χ2v) is 14.1. The number of carbonyl (C=O) groups is 4. The molecule has 0 aromatic heterocycles. The van der Waals surface area contributed by atoms with E-state index in [-0.39, 0.29) is 41.9 Å². The normalized spacial score (nSPS) is 13.4. The van der Waals surface area contributed by atoms with Crippen LogP contribution in [0.3, 0.4) is 0 Å². The maximum Gasteiger partial charge on any atom is 0.309 e. The number of rotatable bonds is 25. The predicted molar refractivity (Wildman–Crippen MR) is 202 cm³/mol. The molecular weight excluding hydrogens is 632 g/mol. The monoisotopic (exact) mass is 705 g/mol. The van der Waals surface area contributed by atoms with Gasteiger partial charge in [-0.05, 0) is 82.4 Å². The largest absolute Gasteiger partial charge is 0.504 e. The zero-order chi connectivity index (χ0) is 37.6. The lowest BCUT2D eigenvalue weighted by Crippen LogP contribution is -2.33. The van der Waals surface area contributed by atoms with Crippen LogP contribution in [0, 0.1) is 17.8 Å². The van der Waals surface area contributed by atoms with E-state index in [1.807, 2.05) is 6.92 Å². The summed E-state index contributed by atoms with van der Waals surface area (Å²) in [5.74, 6) is 0.0487. The lowest BCUT2D eigenvalue weighted by Gasteiger charge is -2.33. The Hall–Kier alpha value is -2.90. The molecule has 0 aliphatic heterocycles. The number of unbranched alkanes of at least 4 members (excludes halogenated alkanes) is 9. The summed E-state index contributed by atoms with van der Waals surface area (Å²) >= 11 is 0. The summed E-state index contributed by atoms with van der Waals surface area (Å²) in [7, 11) is 0. The lowest BCUT2D eigenvalue weighted by molar-refractivity contribution is -0.154. The first-order valence-electron chi connectivity index (χ1n) is 19.8. The molecule has 0 radical (unpaired) electrons. The number of ether oxygens (including phenoxy) is 2. The summed E-state index contributed by atoms with van der Waals surface area (Å²) in [4.78, 5) is 45.7. The second-order valence-electron chi connectivity index (χ2n) is 14.1. The first kappa shape index (κ1) is 47.1. The highest BCUT2D eigenvalue weighted by atomic mass is 16.5. The molecule has 50 heavy (non-hydrogen) atoms. The van der Waals surface area contributed by atoms with Gasteiger partial charge in [0.05, 0.1) is 19.1 Å². The SMILES string of the molecule is CCCCCCC(=O)OCC(COC(=O)C(CCC)Cc1ccc(O)c(O)c1)C1CCC1.CCCCCCC(C)=O.CCCCCCC(C)=O. The zero-order valence-corrected chi connectivity index (χ0v) is 32.6. The van der Waals surface area contributed by atoms with Gasteiger partial charge in [0, 0.05) is 25.2 Å². The van der Waals surface area contributed by atoms with Gasteiger partial charge in [-0.1, -0.05) is 104 Å². The topological polar surface area (TPSA) is 127 Å². The number of benzene rings is 1. The minimum Gasteiger partial charge on any atom is -0.504 e. The van der Waals surface area contributed by atoms with Crippen LogP contribution < -0.4 is 0 Å². The molecule has 1 aromatic carbocycles. The van der Waals surface area contributed by atoms with Crippen LogP contribution in [0.4, 0.5) is 0 Å². The number of aromatic hydroxyl groups is 2. The van der Waals surface area contributed by atoms with Gasteiger partial charge in [0.2, 0.25) is 0 Å². The highest BCUT2D eigenvalue weighted by molar-refractivity contribution is 5.75. The maximum absolute atomic E-state index is 12.8. The summed E-state index contributed by atoms with van der Waals surface area (Å²) in [6.07, 6.45) is 21.1. The van der Waals surface area contributed by atoms with Crippen molar-refractivity contribution in [3.63, 3.8) is 0 Å². The molecule has 288 valence electrons. The molecule has 2 atom stereocenters. The van der Waals surface area contributed by atoms with Crippen molar-refractivity contribution in [1.29, 1.82) is 0 Å². The Bertz CT molecular complexity index is 1030. The summed E-state index contributed by atoms with van der Waals surface area (Å²) in [6, 6.07) is 4.63. The van der Waals surface area contributed by atoms with Gasteiger partial charge in [-0.15, -0.1) is 0 Å². The Morgan fingerprint density at radius 2 is 1.20 bits per heavy atom. The van der Waals surface area contributed by atoms with Crippen molar-refractivity contribution < 1.29 is 38.9 Å². The number of ketones is 2. The van der Waals surface area contributed by atoms with E-state index in [4.69, 9.17) is 9.47 Å². The summed E-state index contributed by atoms with van der Waals surface area (Å²) < 4.78 is 11.2. The number of hydrogen-bond acceptors (Lipinski definition) is 8. The van der Waals surface area contributed by atoms with E-state index in [1.54, 1.807) is 19.9 Å². The second kappa shape index (κ2) is 30.9. The Kier molecular flexibility index (Phi) is 29.1. The fourth-order valence-electron chi connectivity index (χ4n) is 5.74. The van der Waals surface area contributed by atoms with Gasteiger partial charge in [-0.2, -0.15) is 0 Å². The van der Waals surface area contributed by atoms with E-state index >= 15 is 0 Å². The van der Waals surface area contributed by atoms with Gasteiger partial charge >= 0.3 is 11.9 Å². The van der Waals surface area contributed by atoms with Gasteiger partial charge in [0.1, 0.15) is 11.6 Å². The summed E-state index contributed by atoms with van der Waals surface area (Å²) in [6.45, 7) is 12.4. The smallest absolute Gasteiger partial charge is 0.309 e. The Morgan fingerprint density at radius 3 is 1.64 bits per heavy atom. The highest BCUT2D eigenvalue weighted by Gasteiger charge is 2.30. The molecule has 1 fully saturated rings. The van der Waals surface area contributed by atoms with E-state index in [1.165, 1.54) is 57.1 Å². The first-order chi connectivity index (χ1) is 24.0. The third-order valence-corrected chi connectivity index (χ3v) is 9.21. The molecule has 0 bridgehead atoms. The summed E-state index contributed by atoms with van der Waals surface area (Å²) in [5.41, 5.74) is 0.781. The first-order valence-corrected chi connectivity index (χ1v) is 19.8. The molecule has 8 heteroatoms. The molecule has 2 unspecified atom stereocenters. The molecule has 1 saturated carbocycles. The van der Waals surface area contributed by atoms with Gasteiger partial charge in [-0.25, -0.2) is 0 Å². The van der Waals surface area contributed by atoms with E-state index in [0.717, 1.165) is 76.2 Å². The van der Waals surface area contributed by atoms with Crippen LogP contribution in [-0.4, -0.2) is 46.9 Å². The van der Waals surface area contributed by atoms with Gasteiger partial charge in [-0.3, -0.25) is 9.59 Å². The lowest BCUT2D eigenvalue weighted by atomic mass is 9.76. The molecule has 2 N–H and O–H groups in total. The van der Waals surface area contributed by atoms with Crippen LogP contribution in [0.25, 0.3) is 0 Å². The quantitative estimate of drug-likeness (QED) is 0.0585. The van der Waals surface area contributed by atoms with E-state index in [9.17, 15) is 29.4 Å². The molecule has 0 heterocycles. The number of esters is 2. The minimum absolute atomic E-state index is 0.0484. The fourth-order valence-corrected chi connectivity index (χ4v) is 5.74. The number of hydrogen-bond donors (Lipinski definition) is 2. The Balaban J connectivity index is 0.00000109. The molecule has 2 rings (SSSR count). The minimum atomic E-state index is -0.313. The third-order valence-electron chi connectivity index (χ3n) is 9.21. The number of carbonyl (C=O) groups excluding carboxylic acids is 4. The Labute approximate surface area is 304 Å². The molecule has 0 spiro atoms. The Morgan fingerprint density at radius 1 is 0.680 bits per heavy atom. The summed E-state index contributed by atoms with van der Waals surface area (Å²) in [5, 5.41) is 19.2. The number of phenolic OH excluding ortho intramolecular Hbond substituents is 2. The van der Waals surface area contributed by atoms with Crippen LogP contribution in [0.2, 0.25) is 0 Å². The van der Waals surface area contributed by atoms with Crippen LogP contribution in [0.5, 0.6) is 11.5 Å². The highest BCUT2D eigenvalue weighted by Crippen LogP contribution is 2.34. The van der Waals surface area contributed by atoms with E-state index in [0.29, 0.717) is 43.4 Å². The van der Waals surface area contributed by atoms with Crippen molar-refractivity contribution in [2.45, 2.75) is 176 Å². The molecule has 8 nitrogen and oxygen atoms in total. The van der Waals surface area contributed by atoms with Gasteiger partial charge < -0.3 is 29.3 Å². The number of phenols is 2. The molecular formula is C42H72O8. The van der Waals surface area contributed by atoms with Crippen LogP contribution in [0.1, 0.15) is 176 Å². The molecule has 0 amide bonds. The predicted octanol–water partition coefficient (Wildman–Crippen LogP) is 10.6. The standard InChI is InChI=1S/C26H40O6.2C8H16O/c1-3-5-6-7-12-25(29)31-17-22(20-10-8-11-20)18-32-26(30)21(9-4-2)15-19-13-14-23(27)24(28)16-19;2*1-3-4-5-6-7-8(2)9/h13-14,16,20-22,27-28H,3-12,15,17-18H2,1-2H3;2*3-7H2,1-2H3. The van der Waals surface area contributed by atoms with Crippen molar-refractivity contribution in [2.24, 2.45) is 17.8 Å². The van der Waals surface area contributed by atoms with Gasteiger partial charge in [0.25, 0.3) is 0 Å². The van der Waals surface area contributed by atoms with Gasteiger partial charge in [0.15, 0.2) is 11.5 Å². The zero-order valence-electron chi connectivity index (χ0n) is 32.6. The van der Waals surface area contributed by atoms with Crippen molar-refractivity contribution in [3.05, 3.63) is 23.8 Å². The molecule has 1 aromatic rings. The maximum atomic E-state index is 12.8. The van der Waals surface area contributed by atoms with Crippen molar-refractivity contribution >= 4 is 23.5 Å².